The van der Waals surface area contributed by atoms with Crippen molar-refractivity contribution >= 4 is 11.6 Å². The van der Waals surface area contributed by atoms with Crippen LogP contribution in [-0.2, 0) is 6.42 Å². The number of hydrogen-bond acceptors (Lipinski definition) is 2. The van der Waals surface area contributed by atoms with Crippen molar-refractivity contribution < 1.29 is 4.39 Å². The van der Waals surface area contributed by atoms with Gasteiger partial charge in [-0.25, -0.2) is 4.39 Å². The van der Waals surface area contributed by atoms with Crippen LogP contribution in [0.3, 0.4) is 0 Å². The largest absolute Gasteiger partial charge is 0.313 e. The van der Waals surface area contributed by atoms with Gasteiger partial charge < -0.3 is 5.32 Å². The van der Waals surface area contributed by atoms with Gasteiger partial charge in [0.2, 0.25) is 0 Å². The third-order valence-corrected chi connectivity index (χ3v) is 3.24. The van der Waals surface area contributed by atoms with Gasteiger partial charge in [-0.3, -0.25) is 4.98 Å². The van der Waals surface area contributed by atoms with E-state index in [4.69, 9.17) is 11.6 Å². The Balaban J connectivity index is 2.26. The van der Waals surface area contributed by atoms with Gasteiger partial charge in [-0.2, -0.15) is 0 Å². The average Bonchev–Trinajstić information content (AvgIpc) is 2.41. The molecule has 2 nitrogen and oxygen atoms in total. The molecule has 0 amide bonds. The SMILES string of the molecule is CNC(Cc1ccccn1)c1cccc(F)c1Cl. The van der Waals surface area contributed by atoms with Gasteiger partial charge in [-0.05, 0) is 30.8 Å². The number of nitrogens with zero attached hydrogens (tertiary/aromatic N) is 1. The number of hydrogen-bond donors (Lipinski definition) is 1. The second-order valence-electron chi connectivity index (χ2n) is 4.01. The van der Waals surface area contributed by atoms with Gasteiger partial charge in [0.25, 0.3) is 0 Å². The molecule has 18 heavy (non-hydrogen) atoms. The number of pyridine rings is 1. The van der Waals surface area contributed by atoms with Crippen molar-refractivity contribution in [3.8, 4) is 0 Å². The minimum atomic E-state index is -0.393. The van der Waals surface area contributed by atoms with Gasteiger partial charge in [0.05, 0.1) is 5.02 Å². The Labute approximate surface area is 111 Å². The van der Waals surface area contributed by atoms with Crippen LogP contribution in [0.2, 0.25) is 5.02 Å². The van der Waals surface area contributed by atoms with Crippen molar-refractivity contribution in [2.45, 2.75) is 12.5 Å². The number of nitrogens with one attached hydrogen (secondary N) is 1. The van der Waals surface area contributed by atoms with E-state index in [0.29, 0.717) is 6.42 Å². The van der Waals surface area contributed by atoms with Crippen LogP contribution in [0.1, 0.15) is 17.3 Å². The first-order chi connectivity index (χ1) is 8.72. The van der Waals surface area contributed by atoms with Crippen molar-refractivity contribution in [1.82, 2.24) is 10.3 Å². The molecule has 0 radical (unpaired) electrons. The van der Waals surface area contributed by atoms with Crippen molar-refractivity contribution in [2.24, 2.45) is 0 Å². The van der Waals surface area contributed by atoms with Crippen LogP contribution in [0.15, 0.2) is 42.6 Å². The molecular formula is C14H14ClFN2. The molecule has 1 aromatic carbocycles. The lowest BCUT2D eigenvalue weighted by atomic mass is 10.0. The van der Waals surface area contributed by atoms with E-state index in [1.54, 1.807) is 12.3 Å². The molecule has 1 aromatic heterocycles. The van der Waals surface area contributed by atoms with E-state index >= 15 is 0 Å². The summed E-state index contributed by atoms with van der Waals surface area (Å²) in [7, 11) is 1.83. The molecule has 2 rings (SSSR count). The zero-order valence-electron chi connectivity index (χ0n) is 10.0. The zero-order chi connectivity index (χ0) is 13.0. The maximum atomic E-state index is 13.4. The summed E-state index contributed by atoms with van der Waals surface area (Å²) in [4.78, 5) is 4.27. The first-order valence-corrected chi connectivity index (χ1v) is 6.11. The minimum absolute atomic E-state index is 0.0527. The summed E-state index contributed by atoms with van der Waals surface area (Å²) in [6.07, 6.45) is 2.41. The predicted molar refractivity (Wildman–Crippen MR) is 71.2 cm³/mol. The van der Waals surface area contributed by atoms with Crippen LogP contribution in [0.5, 0.6) is 0 Å². The molecule has 0 aliphatic carbocycles. The van der Waals surface area contributed by atoms with E-state index in [9.17, 15) is 4.39 Å². The highest BCUT2D eigenvalue weighted by Gasteiger charge is 2.16. The third kappa shape index (κ3) is 2.86. The van der Waals surface area contributed by atoms with Gasteiger partial charge in [0.15, 0.2) is 0 Å². The molecule has 94 valence electrons. The fourth-order valence-corrected chi connectivity index (χ4v) is 2.14. The Morgan fingerprint density at radius 3 is 2.78 bits per heavy atom. The first-order valence-electron chi connectivity index (χ1n) is 5.73. The normalized spacial score (nSPS) is 12.4. The second kappa shape index (κ2) is 5.94. The summed E-state index contributed by atoms with van der Waals surface area (Å²) in [5.41, 5.74) is 1.70. The fraction of sp³-hybridized carbons (Fsp3) is 0.214. The van der Waals surface area contributed by atoms with Crippen LogP contribution in [0.4, 0.5) is 4.39 Å². The van der Waals surface area contributed by atoms with E-state index in [1.165, 1.54) is 6.07 Å². The lowest BCUT2D eigenvalue weighted by Crippen LogP contribution is -2.20. The molecule has 0 spiro atoms. The van der Waals surface area contributed by atoms with Crippen molar-refractivity contribution in [1.29, 1.82) is 0 Å². The lowest BCUT2D eigenvalue weighted by Gasteiger charge is -2.17. The van der Waals surface area contributed by atoms with Crippen LogP contribution >= 0.6 is 11.6 Å². The summed E-state index contributed by atoms with van der Waals surface area (Å²) < 4.78 is 13.4. The van der Waals surface area contributed by atoms with Gasteiger partial charge in [0.1, 0.15) is 5.82 Å². The average molecular weight is 265 g/mol. The van der Waals surface area contributed by atoms with E-state index < -0.39 is 5.82 Å². The lowest BCUT2D eigenvalue weighted by molar-refractivity contribution is 0.572. The number of halogens is 2. The van der Waals surface area contributed by atoms with Gasteiger partial charge in [-0.15, -0.1) is 0 Å². The summed E-state index contributed by atoms with van der Waals surface area (Å²) in [6, 6.07) is 10.5. The van der Waals surface area contributed by atoms with Gasteiger partial charge in [0, 0.05) is 24.4 Å². The summed E-state index contributed by atoms with van der Waals surface area (Å²) in [5, 5.41) is 3.32. The number of likely N-dealkylation sites (N-methyl/N-ethyl adjacent to an activating group) is 1. The summed E-state index contributed by atoms with van der Waals surface area (Å²) in [5.74, 6) is -0.393. The van der Waals surface area contributed by atoms with E-state index in [0.717, 1.165) is 11.3 Å². The highest BCUT2D eigenvalue weighted by Crippen LogP contribution is 2.27. The minimum Gasteiger partial charge on any atom is -0.313 e. The molecule has 1 N–H and O–H groups in total. The van der Waals surface area contributed by atoms with E-state index in [-0.39, 0.29) is 11.1 Å². The van der Waals surface area contributed by atoms with E-state index in [2.05, 4.69) is 10.3 Å². The maximum Gasteiger partial charge on any atom is 0.142 e. The molecule has 0 fully saturated rings. The number of benzene rings is 1. The monoisotopic (exact) mass is 264 g/mol. The standard InChI is InChI=1S/C14H14ClFN2/c1-17-13(9-10-5-2-3-8-18-10)11-6-4-7-12(16)14(11)15/h2-8,13,17H,9H2,1H3. The topological polar surface area (TPSA) is 24.9 Å². The predicted octanol–water partition coefficient (Wildman–Crippen LogP) is 3.38. The number of aromatic nitrogens is 1. The Hall–Kier alpha value is -1.45. The summed E-state index contributed by atoms with van der Waals surface area (Å²) in [6.45, 7) is 0. The Kier molecular flexibility index (Phi) is 4.28. The zero-order valence-corrected chi connectivity index (χ0v) is 10.8. The molecule has 1 unspecified atom stereocenters. The smallest absolute Gasteiger partial charge is 0.142 e. The van der Waals surface area contributed by atoms with Crippen LogP contribution in [0.25, 0.3) is 0 Å². The first kappa shape index (κ1) is 13.0. The molecule has 0 saturated carbocycles. The molecule has 0 bridgehead atoms. The van der Waals surface area contributed by atoms with Gasteiger partial charge >= 0.3 is 0 Å². The fourth-order valence-electron chi connectivity index (χ4n) is 1.89. The molecule has 4 heteroatoms. The van der Waals surface area contributed by atoms with E-state index in [1.807, 2.05) is 31.3 Å². The molecular weight excluding hydrogens is 251 g/mol. The second-order valence-corrected chi connectivity index (χ2v) is 4.39. The molecule has 0 saturated heterocycles. The Morgan fingerprint density at radius 1 is 1.28 bits per heavy atom. The van der Waals surface area contributed by atoms with Gasteiger partial charge in [-0.1, -0.05) is 29.8 Å². The summed E-state index contributed by atoms with van der Waals surface area (Å²) >= 11 is 6.00. The molecule has 1 atom stereocenters. The quantitative estimate of drug-likeness (QED) is 0.916. The molecule has 1 heterocycles. The maximum absolute atomic E-state index is 13.4. The van der Waals surface area contributed by atoms with Crippen molar-refractivity contribution in [3.05, 3.63) is 64.7 Å². The highest BCUT2D eigenvalue weighted by molar-refractivity contribution is 6.31. The molecule has 0 aliphatic rings. The number of rotatable bonds is 4. The van der Waals surface area contributed by atoms with Crippen molar-refractivity contribution in [3.63, 3.8) is 0 Å². The Bertz CT molecular complexity index is 516. The highest BCUT2D eigenvalue weighted by atomic mass is 35.5. The van der Waals surface area contributed by atoms with Crippen LogP contribution in [0, 0.1) is 5.82 Å². The molecule has 0 aliphatic heterocycles. The Morgan fingerprint density at radius 2 is 2.11 bits per heavy atom. The van der Waals surface area contributed by atoms with Crippen LogP contribution in [-0.4, -0.2) is 12.0 Å². The van der Waals surface area contributed by atoms with Crippen molar-refractivity contribution in [2.75, 3.05) is 7.05 Å². The molecule has 2 aromatic rings. The third-order valence-electron chi connectivity index (χ3n) is 2.84. The van der Waals surface area contributed by atoms with Crippen LogP contribution < -0.4 is 5.32 Å².